The average Bonchev–Trinajstić information content (AvgIpc) is 1.96. The maximum atomic E-state index is 4.52. The Bertz CT molecular complexity index is 314. The van der Waals surface area contributed by atoms with Gasteiger partial charge in [0.15, 0.2) is 0 Å². The highest BCUT2D eigenvalue weighted by Crippen LogP contribution is 2.17. The summed E-state index contributed by atoms with van der Waals surface area (Å²) in [7, 11) is 0. The van der Waals surface area contributed by atoms with Crippen molar-refractivity contribution in [1.82, 2.24) is 4.98 Å². The van der Waals surface area contributed by atoms with E-state index in [2.05, 4.69) is 57.2 Å². The summed E-state index contributed by atoms with van der Waals surface area (Å²) in [6.45, 7) is 12.7. The van der Waals surface area contributed by atoms with Crippen LogP contribution in [0.25, 0.3) is 0 Å². The van der Waals surface area contributed by atoms with Gasteiger partial charge in [-0.15, -0.1) is 0 Å². The Kier molecular flexibility index (Phi) is 3.46. The van der Waals surface area contributed by atoms with Crippen molar-refractivity contribution in [3.05, 3.63) is 18.2 Å². The van der Waals surface area contributed by atoms with Gasteiger partial charge in [0.25, 0.3) is 0 Å². The van der Waals surface area contributed by atoms with Crippen LogP contribution in [-0.2, 0) is 0 Å². The molecule has 0 saturated heterocycles. The second-order valence-electron chi connectivity index (χ2n) is 6.16. The molecule has 0 fully saturated rings. The monoisotopic (exact) mass is 221 g/mol. The van der Waals surface area contributed by atoms with Crippen molar-refractivity contribution >= 4 is 11.6 Å². The molecule has 0 aromatic carbocycles. The standard InChI is InChI=1S/C13H23N3/c1-12(2,3)15-10-8-7-9-11(14-10)16-13(4,5)6/h7-9H,1-6H3,(H2,14,15,16). The summed E-state index contributed by atoms with van der Waals surface area (Å²) in [6, 6.07) is 5.98. The van der Waals surface area contributed by atoms with Crippen molar-refractivity contribution in [3.63, 3.8) is 0 Å². The first-order valence-electron chi connectivity index (χ1n) is 5.69. The fraction of sp³-hybridized carbons (Fsp3) is 0.615. The van der Waals surface area contributed by atoms with Crippen LogP contribution in [-0.4, -0.2) is 16.1 Å². The Morgan fingerprint density at radius 1 is 0.812 bits per heavy atom. The van der Waals surface area contributed by atoms with E-state index in [4.69, 9.17) is 0 Å². The molecule has 2 N–H and O–H groups in total. The molecule has 1 aromatic rings. The topological polar surface area (TPSA) is 37.0 Å². The van der Waals surface area contributed by atoms with Gasteiger partial charge < -0.3 is 10.6 Å². The van der Waals surface area contributed by atoms with E-state index >= 15 is 0 Å². The molecule has 0 aliphatic rings. The number of nitrogens with one attached hydrogen (secondary N) is 2. The van der Waals surface area contributed by atoms with Crippen molar-refractivity contribution in [2.24, 2.45) is 0 Å². The first-order chi connectivity index (χ1) is 7.16. The molecule has 0 unspecified atom stereocenters. The van der Waals surface area contributed by atoms with Crippen LogP contribution < -0.4 is 10.6 Å². The van der Waals surface area contributed by atoms with E-state index in [0.717, 1.165) is 11.6 Å². The molecule has 0 aliphatic carbocycles. The lowest BCUT2D eigenvalue weighted by molar-refractivity contribution is 0.624. The second-order valence-corrected chi connectivity index (χ2v) is 6.16. The molecule has 0 radical (unpaired) electrons. The lowest BCUT2D eigenvalue weighted by Crippen LogP contribution is -2.28. The Morgan fingerprint density at radius 2 is 1.19 bits per heavy atom. The van der Waals surface area contributed by atoms with E-state index in [9.17, 15) is 0 Å². The van der Waals surface area contributed by atoms with Crippen LogP contribution in [0.4, 0.5) is 11.6 Å². The minimum absolute atomic E-state index is 0.0351. The summed E-state index contributed by atoms with van der Waals surface area (Å²) in [6.07, 6.45) is 0. The molecule has 0 aliphatic heterocycles. The highest BCUT2D eigenvalue weighted by Gasteiger charge is 2.12. The van der Waals surface area contributed by atoms with Crippen LogP contribution in [0.3, 0.4) is 0 Å². The first-order valence-corrected chi connectivity index (χ1v) is 5.69. The van der Waals surface area contributed by atoms with Gasteiger partial charge in [0, 0.05) is 11.1 Å². The molecule has 3 heteroatoms. The number of pyridine rings is 1. The summed E-state index contributed by atoms with van der Waals surface area (Å²) in [5.41, 5.74) is 0.0702. The molecule has 16 heavy (non-hydrogen) atoms. The Morgan fingerprint density at radius 3 is 1.50 bits per heavy atom. The maximum absolute atomic E-state index is 4.52. The molecular formula is C13H23N3. The minimum Gasteiger partial charge on any atom is -0.365 e. The molecule has 0 amide bonds. The molecular weight excluding hydrogens is 198 g/mol. The summed E-state index contributed by atoms with van der Waals surface area (Å²) >= 11 is 0. The van der Waals surface area contributed by atoms with Gasteiger partial charge in [-0.25, -0.2) is 4.98 Å². The Labute approximate surface area is 98.7 Å². The van der Waals surface area contributed by atoms with Gasteiger partial charge in [-0.3, -0.25) is 0 Å². The largest absolute Gasteiger partial charge is 0.365 e. The molecule has 1 aromatic heterocycles. The van der Waals surface area contributed by atoms with Crippen LogP contribution in [0.15, 0.2) is 18.2 Å². The quantitative estimate of drug-likeness (QED) is 0.802. The number of aromatic nitrogens is 1. The fourth-order valence-corrected chi connectivity index (χ4v) is 1.34. The molecule has 0 saturated carbocycles. The van der Waals surface area contributed by atoms with Gasteiger partial charge in [-0.05, 0) is 53.7 Å². The van der Waals surface area contributed by atoms with E-state index in [1.807, 2.05) is 18.2 Å². The molecule has 90 valence electrons. The van der Waals surface area contributed by atoms with Crippen molar-refractivity contribution in [1.29, 1.82) is 0 Å². The minimum atomic E-state index is 0.0351. The number of hydrogen-bond donors (Lipinski definition) is 2. The third kappa shape index (κ3) is 5.01. The van der Waals surface area contributed by atoms with Crippen molar-refractivity contribution in [2.75, 3.05) is 10.6 Å². The van der Waals surface area contributed by atoms with Crippen molar-refractivity contribution in [2.45, 2.75) is 52.6 Å². The summed E-state index contributed by atoms with van der Waals surface area (Å²) in [5.74, 6) is 1.81. The van der Waals surface area contributed by atoms with Crippen LogP contribution in [0.5, 0.6) is 0 Å². The second kappa shape index (κ2) is 4.32. The Balaban J connectivity index is 2.79. The SMILES string of the molecule is CC(C)(C)Nc1cccc(NC(C)(C)C)n1. The van der Waals surface area contributed by atoms with Gasteiger partial charge in [-0.1, -0.05) is 6.07 Å². The van der Waals surface area contributed by atoms with Gasteiger partial charge in [0.05, 0.1) is 0 Å². The van der Waals surface area contributed by atoms with E-state index in [-0.39, 0.29) is 11.1 Å². The number of anilines is 2. The highest BCUT2D eigenvalue weighted by atomic mass is 15.1. The maximum Gasteiger partial charge on any atom is 0.128 e. The van der Waals surface area contributed by atoms with E-state index < -0.39 is 0 Å². The lowest BCUT2D eigenvalue weighted by Gasteiger charge is -2.24. The van der Waals surface area contributed by atoms with E-state index in [1.165, 1.54) is 0 Å². The number of hydrogen-bond acceptors (Lipinski definition) is 3. The lowest BCUT2D eigenvalue weighted by atomic mass is 10.1. The molecule has 1 rings (SSSR count). The van der Waals surface area contributed by atoms with Crippen LogP contribution >= 0.6 is 0 Å². The zero-order valence-corrected chi connectivity index (χ0v) is 11.2. The third-order valence-electron chi connectivity index (χ3n) is 1.76. The highest BCUT2D eigenvalue weighted by molar-refractivity contribution is 5.47. The molecule has 0 spiro atoms. The molecule has 0 atom stereocenters. The Hall–Kier alpha value is -1.25. The number of rotatable bonds is 2. The summed E-state index contributed by atoms with van der Waals surface area (Å²) < 4.78 is 0. The fourth-order valence-electron chi connectivity index (χ4n) is 1.34. The van der Waals surface area contributed by atoms with Gasteiger partial charge >= 0.3 is 0 Å². The smallest absolute Gasteiger partial charge is 0.128 e. The number of nitrogens with zero attached hydrogens (tertiary/aromatic N) is 1. The van der Waals surface area contributed by atoms with Crippen LogP contribution in [0, 0.1) is 0 Å². The van der Waals surface area contributed by atoms with Gasteiger partial charge in [0.1, 0.15) is 11.6 Å². The predicted molar refractivity (Wildman–Crippen MR) is 71.0 cm³/mol. The normalized spacial score (nSPS) is 12.4. The molecule has 0 bridgehead atoms. The summed E-state index contributed by atoms with van der Waals surface area (Å²) in [5, 5.41) is 6.71. The van der Waals surface area contributed by atoms with Crippen LogP contribution in [0.1, 0.15) is 41.5 Å². The van der Waals surface area contributed by atoms with Gasteiger partial charge in [0.2, 0.25) is 0 Å². The van der Waals surface area contributed by atoms with Crippen molar-refractivity contribution in [3.8, 4) is 0 Å². The van der Waals surface area contributed by atoms with E-state index in [0.29, 0.717) is 0 Å². The van der Waals surface area contributed by atoms with Crippen molar-refractivity contribution < 1.29 is 0 Å². The van der Waals surface area contributed by atoms with Crippen LogP contribution in [0.2, 0.25) is 0 Å². The average molecular weight is 221 g/mol. The zero-order valence-electron chi connectivity index (χ0n) is 11.2. The summed E-state index contributed by atoms with van der Waals surface area (Å²) in [4.78, 5) is 4.52. The third-order valence-corrected chi connectivity index (χ3v) is 1.76. The molecule has 3 nitrogen and oxygen atoms in total. The first kappa shape index (κ1) is 12.8. The van der Waals surface area contributed by atoms with Gasteiger partial charge in [-0.2, -0.15) is 0 Å². The zero-order chi connectivity index (χ0) is 12.4. The molecule has 1 heterocycles. The predicted octanol–water partition coefficient (Wildman–Crippen LogP) is 3.50. The van der Waals surface area contributed by atoms with E-state index in [1.54, 1.807) is 0 Å².